The standard InChI is InChI=1S/C17H27BO5/c1-13-11-14(21-12-20-10-9-19-6)7-8-15(13)18-22-16(2,3)17(4,5)23-18/h7-8,11H,9-10,12H2,1-6H3. The molecule has 0 bridgehead atoms. The molecule has 1 fully saturated rings. The summed E-state index contributed by atoms with van der Waals surface area (Å²) in [6.45, 7) is 11.5. The van der Waals surface area contributed by atoms with Crippen molar-refractivity contribution in [3.63, 3.8) is 0 Å². The second-order valence-corrected chi connectivity index (χ2v) is 6.77. The van der Waals surface area contributed by atoms with E-state index in [4.69, 9.17) is 23.5 Å². The monoisotopic (exact) mass is 322 g/mol. The van der Waals surface area contributed by atoms with Gasteiger partial charge in [0.15, 0.2) is 6.79 Å². The molecule has 1 aliphatic heterocycles. The lowest BCUT2D eigenvalue weighted by molar-refractivity contribution is -0.00848. The Morgan fingerprint density at radius 2 is 1.70 bits per heavy atom. The Kier molecular flexibility index (Phi) is 5.73. The van der Waals surface area contributed by atoms with Crippen LogP contribution in [0.25, 0.3) is 0 Å². The zero-order chi connectivity index (χ0) is 17.1. The first-order valence-electron chi connectivity index (χ1n) is 7.92. The van der Waals surface area contributed by atoms with Crippen molar-refractivity contribution in [1.82, 2.24) is 0 Å². The van der Waals surface area contributed by atoms with Crippen LogP contribution in [-0.4, -0.2) is 45.4 Å². The van der Waals surface area contributed by atoms with Crippen molar-refractivity contribution in [2.75, 3.05) is 27.1 Å². The van der Waals surface area contributed by atoms with Crippen LogP contribution in [0.1, 0.15) is 33.3 Å². The molecular formula is C17H27BO5. The van der Waals surface area contributed by atoms with Crippen molar-refractivity contribution >= 4 is 12.6 Å². The quantitative estimate of drug-likeness (QED) is 0.438. The Morgan fingerprint density at radius 1 is 1.04 bits per heavy atom. The number of rotatable bonds is 7. The third kappa shape index (κ3) is 4.26. The molecule has 0 unspecified atom stereocenters. The second kappa shape index (κ2) is 7.22. The van der Waals surface area contributed by atoms with Gasteiger partial charge < -0.3 is 23.5 Å². The number of hydrogen-bond donors (Lipinski definition) is 0. The van der Waals surface area contributed by atoms with Crippen LogP contribution in [0, 0.1) is 6.92 Å². The van der Waals surface area contributed by atoms with Crippen LogP contribution < -0.4 is 10.2 Å². The van der Waals surface area contributed by atoms with Gasteiger partial charge in [0.2, 0.25) is 0 Å². The molecule has 0 aromatic heterocycles. The van der Waals surface area contributed by atoms with E-state index in [1.807, 2.05) is 25.1 Å². The Bertz CT molecular complexity index is 514. The van der Waals surface area contributed by atoms with Gasteiger partial charge >= 0.3 is 7.12 Å². The highest BCUT2D eigenvalue weighted by Crippen LogP contribution is 2.36. The van der Waals surface area contributed by atoms with Gasteiger partial charge in [0.05, 0.1) is 24.4 Å². The Balaban J connectivity index is 1.98. The molecule has 0 N–H and O–H groups in total. The molecule has 0 radical (unpaired) electrons. The van der Waals surface area contributed by atoms with E-state index >= 15 is 0 Å². The van der Waals surface area contributed by atoms with Crippen molar-refractivity contribution < 1.29 is 23.5 Å². The fourth-order valence-electron chi connectivity index (χ4n) is 2.28. The highest BCUT2D eigenvalue weighted by Gasteiger charge is 2.52. The van der Waals surface area contributed by atoms with Gasteiger partial charge in [-0.3, -0.25) is 0 Å². The number of ether oxygens (including phenoxy) is 3. The highest BCUT2D eigenvalue weighted by atomic mass is 16.7. The summed E-state index contributed by atoms with van der Waals surface area (Å²) in [4.78, 5) is 0. The third-order valence-electron chi connectivity index (χ3n) is 4.49. The molecule has 2 rings (SSSR count). The number of benzene rings is 1. The van der Waals surface area contributed by atoms with Crippen LogP contribution in [0.4, 0.5) is 0 Å². The second-order valence-electron chi connectivity index (χ2n) is 6.77. The summed E-state index contributed by atoms with van der Waals surface area (Å²) >= 11 is 0. The van der Waals surface area contributed by atoms with Gasteiger partial charge in [0.25, 0.3) is 0 Å². The first-order valence-corrected chi connectivity index (χ1v) is 7.92. The van der Waals surface area contributed by atoms with Gasteiger partial charge in [-0.2, -0.15) is 0 Å². The maximum atomic E-state index is 6.09. The van der Waals surface area contributed by atoms with Crippen molar-refractivity contribution in [2.24, 2.45) is 0 Å². The highest BCUT2D eigenvalue weighted by molar-refractivity contribution is 6.62. The molecule has 1 aromatic carbocycles. The van der Waals surface area contributed by atoms with Crippen molar-refractivity contribution in [2.45, 2.75) is 45.8 Å². The predicted octanol–water partition coefficient (Wildman–Crippen LogP) is 2.29. The molecule has 6 heteroatoms. The summed E-state index contributed by atoms with van der Waals surface area (Å²) in [5.41, 5.74) is 1.41. The van der Waals surface area contributed by atoms with Gasteiger partial charge in [-0.05, 0) is 57.8 Å². The topological polar surface area (TPSA) is 46.2 Å². The molecule has 0 atom stereocenters. The summed E-state index contributed by atoms with van der Waals surface area (Å²) in [5, 5.41) is 0. The number of aryl methyl sites for hydroxylation is 1. The average Bonchev–Trinajstić information content (AvgIpc) is 2.67. The van der Waals surface area contributed by atoms with E-state index in [2.05, 4.69) is 27.7 Å². The van der Waals surface area contributed by atoms with Crippen molar-refractivity contribution in [1.29, 1.82) is 0 Å². The molecule has 1 heterocycles. The minimum Gasteiger partial charge on any atom is -0.468 e. The maximum Gasteiger partial charge on any atom is 0.495 e. The molecule has 128 valence electrons. The minimum atomic E-state index is -0.355. The predicted molar refractivity (Wildman–Crippen MR) is 90.2 cm³/mol. The van der Waals surface area contributed by atoms with Gasteiger partial charge in [0.1, 0.15) is 5.75 Å². The molecule has 1 aromatic rings. The molecule has 1 saturated heterocycles. The zero-order valence-corrected chi connectivity index (χ0v) is 15.0. The van der Waals surface area contributed by atoms with Crippen LogP contribution in [0.5, 0.6) is 5.75 Å². The largest absolute Gasteiger partial charge is 0.495 e. The van der Waals surface area contributed by atoms with Crippen LogP contribution >= 0.6 is 0 Å². The van der Waals surface area contributed by atoms with E-state index in [1.165, 1.54) is 0 Å². The lowest BCUT2D eigenvalue weighted by Gasteiger charge is -2.32. The Morgan fingerprint density at radius 3 is 2.26 bits per heavy atom. The smallest absolute Gasteiger partial charge is 0.468 e. The summed E-state index contributed by atoms with van der Waals surface area (Å²) < 4.78 is 28.0. The van der Waals surface area contributed by atoms with Crippen LogP contribution in [0.2, 0.25) is 0 Å². The van der Waals surface area contributed by atoms with Gasteiger partial charge in [-0.15, -0.1) is 0 Å². The van der Waals surface area contributed by atoms with Crippen LogP contribution in [0.15, 0.2) is 18.2 Å². The molecular weight excluding hydrogens is 295 g/mol. The first kappa shape index (κ1) is 18.3. The summed E-state index contributed by atoms with van der Waals surface area (Å²) in [5.74, 6) is 0.764. The molecule has 0 spiro atoms. The third-order valence-corrected chi connectivity index (χ3v) is 4.49. The number of methoxy groups -OCH3 is 1. The van der Waals surface area contributed by atoms with Crippen molar-refractivity contribution in [3.05, 3.63) is 23.8 Å². The molecule has 0 saturated carbocycles. The van der Waals surface area contributed by atoms with Gasteiger partial charge in [-0.25, -0.2) is 0 Å². The fourth-order valence-corrected chi connectivity index (χ4v) is 2.28. The van der Waals surface area contributed by atoms with Crippen LogP contribution in [0.3, 0.4) is 0 Å². The SMILES string of the molecule is COCCOCOc1ccc(B2OC(C)(C)C(C)(C)O2)c(C)c1. The van der Waals surface area contributed by atoms with E-state index in [9.17, 15) is 0 Å². The molecule has 0 amide bonds. The lowest BCUT2D eigenvalue weighted by atomic mass is 9.76. The molecule has 1 aliphatic rings. The van der Waals surface area contributed by atoms with E-state index in [0.29, 0.717) is 13.2 Å². The van der Waals surface area contributed by atoms with E-state index in [0.717, 1.165) is 16.8 Å². The van der Waals surface area contributed by atoms with Crippen LogP contribution in [-0.2, 0) is 18.8 Å². The van der Waals surface area contributed by atoms with Crippen molar-refractivity contribution in [3.8, 4) is 5.75 Å². The summed E-state index contributed by atoms with van der Waals surface area (Å²) in [6, 6.07) is 5.87. The molecule has 5 nitrogen and oxygen atoms in total. The fraction of sp³-hybridized carbons (Fsp3) is 0.647. The summed E-state index contributed by atoms with van der Waals surface area (Å²) in [7, 11) is 1.29. The van der Waals surface area contributed by atoms with E-state index in [-0.39, 0.29) is 25.1 Å². The average molecular weight is 322 g/mol. The summed E-state index contributed by atoms with van der Waals surface area (Å²) in [6.07, 6.45) is 0. The molecule has 0 aliphatic carbocycles. The lowest BCUT2D eigenvalue weighted by Crippen LogP contribution is -2.41. The van der Waals surface area contributed by atoms with Gasteiger partial charge in [0, 0.05) is 7.11 Å². The minimum absolute atomic E-state index is 0.207. The van der Waals surface area contributed by atoms with E-state index < -0.39 is 0 Å². The Labute approximate surface area is 139 Å². The maximum absolute atomic E-state index is 6.09. The van der Waals surface area contributed by atoms with Gasteiger partial charge in [-0.1, -0.05) is 6.07 Å². The number of hydrogen-bond acceptors (Lipinski definition) is 5. The molecule has 23 heavy (non-hydrogen) atoms. The first-order chi connectivity index (χ1) is 10.8. The zero-order valence-electron chi connectivity index (χ0n) is 15.0. The Hall–Kier alpha value is -1.08. The normalized spacial score (nSPS) is 19.1. The van der Waals surface area contributed by atoms with E-state index in [1.54, 1.807) is 7.11 Å².